The van der Waals surface area contributed by atoms with Gasteiger partial charge in [0.05, 0.1) is 6.04 Å². The van der Waals surface area contributed by atoms with Gasteiger partial charge in [-0.3, -0.25) is 14.3 Å². The molecule has 5 nitrogen and oxygen atoms in total. The Hall–Kier alpha value is -1.71. The lowest BCUT2D eigenvalue weighted by Gasteiger charge is -2.31. The van der Waals surface area contributed by atoms with Crippen LogP contribution in [0, 0.1) is 0 Å². The highest BCUT2D eigenvalue weighted by molar-refractivity contribution is 7.13. The first-order chi connectivity index (χ1) is 10.4. The van der Waals surface area contributed by atoms with Crippen LogP contribution in [0.4, 0.5) is 0 Å². The SMILES string of the molecule is C=C1c2ccccc2CN(P)[C@@H](COC(C)=O)[C@@H]1OC(C)=O. The number of nitrogens with zero attached hydrogens (tertiary/aromatic N) is 1. The molecule has 1 aromatic carbocycles. The summed E-state index contributed by atoms with van der Waals surface area (Å²) >= 11 is 0. The zero-order valence-electron chi connectivity index (χ0n) is 12.7. The van der Waals surface area contributed by atoms with Crippen molar-refractivity contribution < 1.29 is 19.1 Å². The van der Waals surface area contributed by atoms with E-state index < -0.39 is 12.1 Å². The predicted octanol–water partition coefficient (Wildman–Crippen LogP) is 2.17. The van der Waals surface area contributed by atoms with Crippen molar-refractivity contribution >= 4 is 26.9 Å². The molecule has 1 aliphatic rings. The lowest BCUT2D eigenvalue weighted by molar-refractivity contribution is -0.149. The second kappa shape index (κ2) is 7.03. The topological polar surface area (TPSA) is 55.8 Å². The highest BCUT2D eigenvalue weighted by Crippen LogP contribution is 2.33. The van der Waals surface area contributed by atoms with Gasteiger partial charge in [0.1, 0.15) is 12.7 Å². The fourth-order valence-electron chi connectivity index (χ4n) is 2.56. The van der Waals surface area contributed by atoms with Crippen molar-refractivity contribution in [3.05, 3.63) is 42.0 Å². The van der Waals surface area contributed by atoms with Crippen molar-refractivity contribution in [3.8, 4) is 0 Å². The van der Waals surface area contributed by atoms with E-state index in [4.69, 9.17) is 9.47 Å². The Morgan fingerprint density at radius 1 is 1.32 bits per heavy atom. The van der Waals surface area contributed by atoms with E-state index in [9.17, 15) is 9.59 Å². The molecule has 22 heavy (non-hydrogen) atoms. The number of ether oxygens (including phenoxy) is 2. The number of hydrogen-bond donors (Lipinski definition) is 0. The molecule has 0 spiro atoms. The second-order valence-electron chi connectivity index (χ2n) is 5.25. The zero-order chi connectivity index (χ0) is 16.3. The third-order valence-corrected chi connectivity index (χ3v) is 4.15. The Labute approximate surface area is 132 Å². The van der Waals surface area contributed by atoms with E-state index in [1.54, 1.807) is 0 Å². The smallest absolute Gasteiger partial charge is 0.303 e. The van der Waals surface area contributed by atoms with Crippen molar-refractivity contribution in [1.29, 1.82) is 0 Å². The molecule has 1 aromatic rings. The van der Waals surface area contributed by atoms with Gasteiger partial charge < -0.3 is 9.47 Å². The zero-order valence-corrected chi connectivity index (χ0v) is 13.9. The van der Waals surface area contributed by atoms with Gasteiger partial charge in [-0.25, -0.2) is 0 Å². The summed E-state index contributed by atoms with van der Waals surface area (Å²) in [5.74, 6) is -0.760. The van der Waals surface area contributed by atoms with Gasteiger partial charge in [-0.2, -0.15) is 0 Å². The van der Waals surface area contributed by atoms with E-state index in [0.717, 1.165) is 11.1 Å². The Kier molecular flexibility index (Phi) is 5.33. The van der Waals surface area contributed by atoms with Crippen molar-refractivity contribution in [1.82, 2.24) is 4.67 Å². The summed E-state index contributed by atoms with van der Waals surface area (Å²) in [5.41, 5.74) is 2.77. The molecule has 0 amide bonds. The van der Waals surface area contributed by atoms with E-state index in [1.807, 2.05) is 28.9 Å². The minimum absolute atomic E-state index is 0.129. The molecule has 1 unspecified atom stereocenters. The van der Waals surface area contributed by atoms with Crippen LogP contribution in [0.3, 0.4) is 0 Å². The summed E-state index contributed by atoms with van der Waals surface area (Å²) in [6.45, 7) is 7.58. The Bertz CT molecular complexity index is 602. The Balaban J connectivity index is 2.37. The molecule has 6 heteroatoms. The normalized spacial score (nSPS) is 21.7. The quantitative estimate of drug-likeness (QED) is 0.631. The summed E-state index contributed by atoms with van der Waals surface area (Å²) < 4.78 is 12.5. The molecule has 0 N–H and O–H groups in total. The van der Waals surface area contributed by atoms with Crippen LogP contribution in [0.5, 0.6) is 0 Å². The van der Waals surface area contributed by atoms with E-state index in [0.29, 0.717) is 12.1 Å². The summed E-state index contributed by atoms with van der Waals surface area (Å²) in [7, 11) is 2.62. The lowest BCUT2D eigenvalue weighted by Crippen LogP contribution is -2.43. The van der Waals surface area contributed by atoms with Gasteiger partial charge in [-0.05, 0) is 16.7 Å². The van der Waals surface area contributed by atoms with Crippen LogP contribution in [0.1, 0.15) is 25.0 Å². The molecule has 0 saturated heterocycles. The molecule has 1 heterocycles. The highest BCUT2D eigenvalue weighted by Gasteiger charge is 2.35. The fourth-order valence-corrected chi connectivity index (χ4v) is 3.00. The molecule has 0 aromatic heterocycles. The van der Waals surface area contributed by atoms with E-state index >= 15 is 0 Å². The van der Waals surface area contributed by atoms with Crippen molar-refractivity contribution in [2.24, 2.45) is 0 Å². The molecular formula is C16H20NO4P. The first kappa shape index (κ1) is 16.7. The van der Waals surface area contributed by atoms with Gasteiger partial charge in [-0.1, -0.05) is 40.2 Å². The minimum atomic E-state index is -0.571. The minimum Gasteiger partial charge on any atom is -0.464 e. The molecule has 0 saturated carbocycles. The molecule has 0 bridgehead atoms. The standard InChI is InChI=1S/C16H20NO4P/c1-10-14-7-5-4-6-13(14)8-17(22)15(9-20-11(2)18)16(10)21-12(3)19/h4-7,15-16H,1,8-9,22H2,2-3H3/t15-,16+/m0/s1. The molecule has 118 valence electrons. The Morgan fingerprint density at radius 2 is 2.00 bits per heavy atom. The van der Waals surface area contributed by atoms with Gasteiger partial charge in [-0.15, -0.1) is 0 Å². The van der Waals surface area contributed by atoms with Crippen LogP contribution in [0.25, 0.3) is 5.57 Å². The van der Waals surface area contributed by atoms with Gasteiger partial charge in [0.2, 0.25) is 0 Å². The highest BCUT2D eigenvalue weighted by atomic mass is 31.0. The number of carbonyl (C=O) groups is 2. The van der Waals surface area contributed by atoms with E-state index in [-0.39, 0.29) is 18.6 Å². The lowest BCUT2D eigenvalue weighted by atomic mass is 9.96. The van der Waals surface area contributed by atoms with Crippen LogP contribution in [0.2, 0.25) is 0 Å². The van der Waals surface area contributed by atoms with Crippen LogP contribution >= 0.6 is 9.39 Å². The van der Waals surface area contributed by atoms with Gasteiger partial charge in [0, 0.05) is 20.4 Å². The fraction of sp³-hybridized carbons (Fsp3) is 0.375. The predicted molar refractivity (Wildman–Crippen MR) is 86.7 cm³/mol. The number of carbonyl (C=O) groups excluding carboxylic acids is 2. The Morgan fingerprint density at radius 3 is 2.64 bits per heavy atom. The summed E-state index contributed by atoms with van der Waals surface area (Å²) in [4.78, 5) is 22.6. The summed E-state index contributed by atoms with van der Waals surface area (Å²) in [6.07, 6.45) is -0.571. The van der Waals surface area contributed by atoms with Gasteiger partial charge in [0.15, 0.2) is 0 Å². The van der Waals surface area contributed by atoms with Gasteiger partial charge >= 0.3 is 11.9 Å². The second-order valence-corrected chi connectivity index (χ2v) is 5.92. The summed E-state index contributed by atoms with van der Waals surface area (Å²) in [5, 5.41) is 0. The van der Waals surface area contributed by atoms with Crippen LogP contribution in [0.15, 0.2) is 30.8 Å². The molecule has 0 fully saturated rings. The van der Waals surface area contributed by atoms with Crippen molar-refractivity contribution in [3.63, 3.8) is 0 Å². The molecule has 0 radical (unpaired) electrons. The number of benzene rings is 1. The maximum absolute atomic E-state index is 11.5. The third kappa shape index (κ3) is 3.73. The van der Waals surface area contributed by atoms with Crippen LogP contribution < -0.4 is 0 Å². The van der Waals surface area contributed by atoms with E-state index in [2.05, 4.69) is 16.0 Å². The molecule has 2 rings (SSSR count). The van der Waals surface area contributed by atoms with Crippen molar-refractivity contribution in [2.75, 3.05) is 6.61 Å². The van der Waals surface area contributed by atoms with Gasteiger partial charge in [0.25, 0.3) is 0 Å². The average molecular weight is 321 g/mol. The third-order valence-electron chi connectivity index (χ3n) is 3.59. The monoisotopic (exact) mass is 321 g/mol. The number of fused-ring (bicyclic) bond motifs is 1. The first-order valence-corrected chi connectivity index (χ1v) is 7.50. The maximum atomic E-state index is 11.5. The summed E-state index contributed by atoms with van der Waals surface area (Å²) in [6, 6.07) is 7.54. The number of esters is 2. The number of rotatable bonds is 3. The average Bonchev–Trinajstić information content (AvgIpc) is 2.53. The molecule has 1 aliphatic heterocycles. The maximum Gasteiger partial charge on any atom is 0.303 e. The molecule has 0 aliphatic carbocycles. The van der Waals surface area contributed by atoms with Crippen LogP contribution in [-0.2, 0) is 25.6 Å². The largest absolute Gasteiger partial charge is 0.464 e. The van der Waals surface area contributed by atoms with Crippen LogP contribution in [-0.4, -0.2) is 35.4 Å². The van der Waals surface area contributed by atoms with Crippen molar-refractivity contribution in [2.45, 2.75) is 32.5 Å². The number of hydrogen-bond acceptors (Lipinski definition) is 5. The molecular weight excluding hydrogens is 301 g/mol. The van der Waals surface area contributed by atoms with E-state index in [1.165, 1.54) is 13.8 Å². The first-order valence-electron chi connectivity index (χ1n) is 6.99. The molecule has 3 atom stereocenters.